The summed E-state index contributed by atoms with van der Waals surface area (Å²) < 4.78 is 5.58. The Labute approximate surface area is 158 Å². The minimum atomic E-state index is -1.12. The molecule has 4 rings (SSSR count). The Bertz CT molecular complexity index is 967. The van der Waals surface area contributed by atoms with E-state index >= 15 is 0 Å². The van der Waals surface area contributed by atoms with Crippen molar-refractivity contribution in [2.45, 2.75) is 18.6 Å². The van der Waals surface area contributed by atoms with Gasteiger partial charge in [0.05, 0.1) is 13.2 Å². The van der Waals surface area contributed by atoms with E-state index in [-0.39, 0.29) is 12.6 Å². The van der Waals surface area contributed by atoms with Crippen LogP contribution in [0.1, 0.15) is 17.5 Å². The number of ether oxygens (including phenoxy) is 1. The number of rotatable bonds is 4. The summed E-state index contributed by atoms with van der Waals surface area (Å²) >= 11 is 0. The highest BCUT2D eigenvalue weighted by Crippen LogP contribution is 2.36. The highest BCUT2D eigenvalue weighted by molar-refractivity contribution is 5.86. The molecule has 3 aromatic carbocycles. The van der Waals surface area contributed by atoms with Crippen LogP contribution in [0.5, 0.6) is 5.75 Å². The van der Waals surface area contributed by atoms with Crippen LogP contribution in [0.2, 0.25) is 0 Å². The van der Waals surface area contributed by atoms with Gasteiger partial charge in [-0.05, 0) is 22.4 Å². The molecule has 3 aromatic rings. The van der Waals surface area contributed by atoms with Crippen LogP contribution in [0.3, 0.4) is 0 Å². The molecule has 5 nitrogen and oxygen atoms in total. The third-order valence-electron chi connectivity index (χ3n) is 5.02. The Morgan fingerprint density at radius 3 is 2.70 bits per heavy atom. The van der Waals surface area contributed by atoms with E-state index in [0.717, 1.165) is 16.3 Å². The first-order valence-electron chi connectivity index (χ1n) is 9.09. The number of para-hydroxylation sites is 1. The molecule has 0 saturated heterocycles. The van der Waals surface area contributed by atoms with Crippen LogP contribution in [-0.2, 0) is 12.1 Å². The average molecular weight is 362 g/mol. The Kier molecular flexibility index (Phi) is 4.69. The van der Waals surface area contributed by atoms with E-state index in [9.17, 15) is 9.90 Å². The molecule has 0 spiro atoms. The van der Waals surface area contributed by atoms with Crippen molar-refractivity contribution in [2.24, 2.45) is 0 Å². The predicted octanol–water partition coefficient (Wildman–Crippen LogP) is 3.31. The second-order valence-corrected chi connectivity index (χ2v) is 6.80. The molecule has 0 aliphatic carbocycles. The van der Waals surface area contributed by atoms with Gasteiger partial charge in [0.15, 0.2) is 0 Å². The number of fused-ring (bicyclic) bond motifs is 2. The van der Waals surface area contributed by atoms with E-state index in [2.05, 4.69) is 22.8 Å². The summed E-state index contributed by atoms with van der Waals surface area (Å²) in [6.45, 7) is 0.979. The van der Waals surface area contributed by atoms with E-state index in [1.54, 1.807) is 0 Å². The minimum absolute atomic E-state index is 0.134. The SMILES string of the molecule is O=C(NCc1cccc2ccccc12)NCC1(O)CCOc2ccccc21. The van der Waals surface area contributed by atoms with Gasteiger partial charge < -0.3 is 20.5 Å². The quantitative estimate of drug-likeness (QED) is 0.667. The number of urea groups is 1. The first kappa shape index (κ1) is 17.4. The van der Waals surface area contributed by atoms with Crippen LogP contribution >= 0.6 is 0 Å². The van der Waals surface area contributed by atoms with Crippen molar-refractivity contribution in [3.63, 3.8) is 0 Å². The molecule has 27 heavy (non-hydrogen) atoms. The summed E-state index contributed by atoms with van der Waals surface area (Å²) in [6, 6.07) is 21.2. The third-order valence-corrected chi connectivity index (χ3v) is 5.02. The lowest BCUT2D eigenvalue weighted by Crippen LogP contribution is -2.46. The van der Waals surface area contributed by atoms with Crippen LogP contribution in [0, 0.1) is 0 Å². The molecule has 1 heterocycles. The van der Waals surface area contributed by atoms with Crippen LogP contribution < -0.4 is 15.4 Å². The zero-order valence-corrected chi connectivity index (χ0v) is 14.9. The highest BCUT2D eigenvalue weighted by atomic mass is 16.5. The lowest BCUT2D eigenvalue weighted by molar-refractivity contribution is 0.0000633. The van der Waals surface area contributed by atoms with E-state index in [4.69, 9.17) is 4.74 Å². The number of nitrogens with one attached hydrogen (secondary N) is 2. The number of hydrogen-bond acceptors (Lipinski definition) is 3. The van der Waals surface area contributed by atoms with E-state index in [0.29, 0.717) is 30.9 Å². The lowest BCUT2D eigenvalue weighted by Gasteiger charge is -2.34. The average Bonchev–Trinajstić information content (AvgIpc) is 2.71. The van der Waals surface area contributed by atoms with Gasteiger partial charge in [-0.25, -0.2) is 4.79 Å². The number of aliphatic hydroxyl groups is 1. The fraction of sp³-hybridized carbons (Fsp3) is 0.227. The lowest BCUT2D eigenvalue weighted by atomic mass is 9.88. The molecule has 0 bridgehead atoms. The van der Waals surface area contributed by atoms with E-state index in [1.807, 2.05) is 54.6 Å². The zero-order valence-electron chi connectivity index (χ0n) is 14.9. The second-order valence-electron chi connectivity index (χ2n) is 6.80. The highest BCUT2D eigenvalue weighted by Gasteiger charge is 2.35. The topological polar surface area (TPSA) is 70.6 Å². The van der Waals surface area contributed by atoms with Crippen LogP contribution in [0.25, 0.3) is 10.8 Å². The number of carbonyl (C=O) groups is 1. The van der Waals surface area contributed by atoms with E-state index in [1.165, 1.54) is 0 Å². The maximum absolute atomic E-state index is 12.3. The van der Waals surface area contributed by atoms with E-state index < -0.39 is 5.60 Å². The fourth-order valence-electron chi connectivity index (χ4n) is 3.54. The third kappa shape index (κ3) is 3.59. The molecule has 0 aromatic heterocycles. The smallest absolute Gasteiger partial charge is 0.315 e. The van der Waals surface area contributed by atoms with Gasteiger partial charge in [-0.2, -0.15) is 0 Å². The van der Waals surface area contributed by atoms with Crippen LogP contribution in [-0.4, -0.2) is 24.3 Å². The van der Waals surface area contributed by atoms with Crippen molar-refractivity contribution in [3.05, 3.63) is 77.9 Å². The fourth-order valence-corrected chi connectivity index (χ4v) is 3.54. The van der Waals surface area contributed by atoms with Crippen molar-refractivity contribution in [3.8, 4) is 5.75 Å². The normalized spacial score (nSPS) is 18.4. The molecule has 0 saturated carbocycles. The molecule has 3 N–H and O–H groups in total. The summed E-state index contributed by atoms with van der Waals surface area (Å²) in [7, 11) is 0. The van der Waals surface area contributed by atoms with Crippen molar-refractivity contribution in [1.29, 1.82) is 0 Å². The molecule has 1 aliphatic heterocycles. The maximum Gasteiger partial charge on any atom is 0.315 e. The molecule has 1 unspecified atom stereocenters. The van der Waals surface area contributed by atoms with Crippen molar-refractivity contribution in [1.82, 2.24) is 10.6 Å². The van der Waals surface area contributed by atoms with Crippen LogP contribution in [0.4, 0.5) is 4.79 Å². The summed E-state index contributed by atoms with van der Waals surface area (Å²) in [6.07, 6.45) is 0.438. The first-order valence-corrected chi connectivity index (χ1v) is 9.09. The molecule has 2 amide bonds. The van der Waals surface area contributed by atoms with Gasteiger partial charge >= 0.3 is 6.03 Å². The molecule has 0 fully saturated rings. The number of benzene rings is 3. The van der Waals surface area contributed by atoms with Gasteiger partial charge in [-0.15, -0.1) is 0 Å². The Morgan fingerprint density at radius 2 is 1.78 bits per heavy atom. The zero-order chi connectivity index (χ0) is 18.7. The Morgan fingerprint density at radius 1 is 1.00 bits per heavy atom. The molecular formula is C22H22N2O3. The molecular weight excluding hydrogens is 340 g/mol. The summed E-state index contributed by atoms with van der Waals surface area (Å²) in [5.74, 6) is 0.671. The Hall–Kier alpha value is -3.05. The van der Waals surface area contributed by atoms with Gasteiger partial charge in [-0.1, -0.05) is 60.7 Å². The first-order chi connectivity index (χ1) is 13.2. The number of amides is 2. The van der Waals surface area contributed by atoms with Gasteiger partial charge in [0.25, 0.3) is 0 Å². The van der Waals surface area contributed by atoms with Gasteiger partial charge in [0.1, 0.15) is 11.4 Å². The van der Waals surface area contributed by atoms with Crippen LogP contribution in [0.15, 0.2) is 66.7 Å². The molecule has 1 aliphatic rings. The molecule has 138 valence electrons. The van der Waals surface area contributed by atoms with Gasteiger partial charge in [0, 0.05) is 18.5 Å². The molecule has 1 atom stereocenters. The maximum atomic E-state index is 12.3. The molecule has 5 heteroatoms. The van der Waals surface area contributed by atoms with Gasteiger partial charge in [-0.3, -0.25) is 0 Å². The van der Waals surface area contributed by atoms with Crippen molar-refractivity contribution < 1.29 is 14.6 Å². The second kappa shape index (κ2) is 7.29. The minimum Gasteiger partial charge on any atom is -0.493 e. The Balaban J connectivity index is 1.39. The summed E-state index contributed by atoms with van der Waals surface area (Å²) in [4.78, 5) is 12.3. The van der Waals surface area contributed by atoms with Crippen molar-refractivity contribution in [2.75, 3.05) is 13.2 Å². The summed E-state index contributed by atoms with van der Waals surface area (Å²) in [5.41, 5.74) is 0.648. The summed E-state index contributed by atoms with van der Waals surface area (Å²) in [5, 5.41) is 18.9. The largest absolute Gasteiger partial charge is 0.493 e. The number of carbonyl (C=O) groups excluding carboxylic acids is 1. The number of hydrogen-bond donors (Lipinski definition) is 3. The van der Waals surface area contributed by atoms with Crippen molar-refractivity contribution >= 4 is 16.8 Å². The monoisotopic (exact) mass is 362 g/mol. The molecule has 0 radical (unpaired) electrons. The standard InChI is InChI=1S/C22H22N2O3/c25-21(23-14-17-8-5-7-16-6-1-2-9-18(16)17)24-15-22(26)12-13-27-20-11-4-3-10-19(20)22/h1-11,26H,12-15H2,(H2,23,24,25). The predicted molar refractivity (Wildman–Crippen MR) is 105 cm³/mol. The van der Waals surface area contributed by atoms with Gasteiger partial charge in [0.2, 0.25) is 0 Å².